The van der Waals surface area contributed by atoms with E-state index >= 15 is 0 Å². The predicted molar refractivity (Wildman–Crippen MR) is 25.8 cm³/mol. The van der Waals surface area contributed by atoms with Gasteiger partial charge in [0, 0.05) is 32.7 Å². The van der Waals surface area contributed by atoms with Gasteiger partial charge in [-0.1, -0.05) is 13.3 Å². The Morgan fingerprint density at radius 2 is 2.57 bits per heavy atom. The number of allylic oxidation sites excluding steroid dienone is 1. The largest absolute Gasteiger partial charge is 0.463 e. The topological polar surface area (TPSA) is 12.4 Å². The van der Waals surface area contributed by atoms with E-state index < -0.39 is 0 Å². The van der Waals surface area contributed by atoms with Crippen LogP contribution < -0.4 is 0 Å². The maximum Gasteiger partial charge on any atom is 0 e. The molecule has 7 heavy (non-hydrogen) atoms. The number of hydrogen-bond acceptors (Lipinski definition) is 1. The first-order valence-electron chi connectivity index (χ1n) is 1.98. The van der Waals surface area contributed by atoms with Crippen LogP contribution in [0.1, 0.15) is 13.3 Å². The zero-order chi connectivity index (χ0) is 4.41. The summed E-state index contributed by atoms with van der Waals surface area (Å²) in [6.07, 6.45) is 5.57. The van der Waals surface area contributed by atoms with E-state index in [4.69, 9.17) is 0 Å². The van der Waals surface area contributed by atoms with Gasteiger partial charge in [0.25, 0.3) is 0 Å². The smallest absolute Gasteiger partial charge is 0 e. The maximum atomic E-state index is 3.75. The molecule has 0 aromatic carbocycles. The fourth-order valence-corrected chi connectivity index (χ4v) is 0.372. The van der Waals surface area contributed by atoms with Crippen LogP contribution in [0.15, 0.2) is 16.8 Å². The Balaban J connectivity index is 0.000000360. The van der Waals surface area contributed by atoms with Crippen molar-refractivity contribution in [2.24, 2.45) is 4.99 Å². The van der Waals surface area contributed by atoms with Crippen molar-refractivity contribution in [3.8, 4) is 0 Å². The van der Waals surface area contributed by atoms with E-state index in [1.807, 2.05) is 13.1 Å². The standard InChI is InChI=1S/C5H6N.Y/c1-5-2-3-6-4-5;/h4H,2H2,1H3;/q-1;. The molecule has 0 amide bonds. The molecule has 0 aliphatic carbocycles. The molecule has 1 aliphatic heterocycles. The van der Waals surface area contributed by atoms with Crippen LogP contribution in [0.3, 0.4) is 0 Å². The molecule has 0 saturated heterocycles. The number of hydrogen-bond donors (Lipinski definition) is 0. The Kier molecular flexibility index (Phi) is 3.77. The predicted octanol–water partition coefficient (Wildman–Crippen LogP) is 1.24. The van der Waals surface area contributed by atoms with Crippen molar-refractivity contribution in [1.82, 2.24) is 0 Å². The van der Waals surface area contributed by atoms with Gasteiger partial charge in [0.15, 0.2) is 0 Å². The molecule has 0 saturated carbocycles. The molecule has 2 heteroatoms. The quantitative estimate of drug-likeness (QED) is 0.483. The molecule has 0 unspecified atom stereocenters. The van der Waals surface area contributed by atoms with Crippen molar-refractivity contribution in [2.45, 2.75) is 13.3 Å². The molecule has 0 bridgehead atoms. The first-order valence-corrected chi connectivity index (χ1v) is 1.98. The third kappa shape index (κ3) is 2.35. The Morgan fingerprint density at radius 1 is 1.86 bits per heavy atom. The van der Waals surface area contributed by atoms with E-state index in [-0.39, 0.29) is 32.7 Å². The molecule has 1 nitrogen and oxygen atoms in total. The van der Waals surface area contributed by atoms with Gasteiger partial charge in [-0.05, 0) is 0 Å². The second kappa shape index (κ2) is 3.51. The third-order valence-electron chi connectivity index (χ3n) is 0.734. The normalized spacial score (nSPS) is 15.9. The second-order valence-electron chi connectivity index (χ2n) is 1.44. The first kappa shape index (κ1) is 7.51. The molecule has 35 valence electrons. The van der Waals surface area contributed by atoms with Crippen LogP contribution in [0.4, 0.5) is 0 Å². The van der Waals surface area contributed by atoms with Crippen LogP contribution in [0.25, 0.3) is 0 Å². The average molecular weight is 169 g/mol. The summed E-state index contributed by atoms with van der Waals surface area (Å²) in [5.74, 6) is 0. The fourth-order valence-electron chi connectivity index (χ4n) is 0.372. The van der Waals surface area contributed by atoms with Gasteiger partial charge in [-0.3, -0.25) is 0 Å². The van der Waals surface area contributed by atoms with Crippen molar-refractivity contribution in [2.75, 3.05) is 0 Å². The second-order valence-corrected chi connectivity index (χ2v) is 1.44. The first-order chi connectivity index (χ1) is 2.89. The fraction of sp³-hybridized carbons (Fsp3) is 0.400. The van der Waals surface area contributed by atoms with E-state index in [2.05, 4.69) is 11.2 Å². The Labute approximate surface area is 68.8 Å². The summed E-state index contributed by atoms with van der Waals surface area (Å²) in [4.78, 5) is 3.75. The molecule has 1 heterocycles. The molecule has 0 spiro atoms. The number of rotatable bonds is 0. The Bertz CT molecular complexity index is 105. The van der Waals surface area contributed by atoms with Crippen LogP contribution in [-0.4, -0.2) is 6.21 Å². The minimum atomic E-state index is 0. The summed E-state index contributed by atoms with van der Waals surface area (Å²) in [5, 5.41) is 0. The van der Waals surface area contributed by atoms with Crippen LogP contribution in [0.5, 0.6) is 0 Å². The minimum Gasteiger partial charge on any atom is -0.463 e. The molecule has 0 N–H and O–H groups in total. The molecule has 0 aromatic rings. The van der Waals surface area contributed by atoms with Gasteiger partial charge >= 0.3 is 0 Å². The summed E-state index contributed by atoms with van der Waals surface area (Å²) in [5.41, 5.74) is 1.30. The third-order valence-corrected chi connectivity index (χ3v) is 0.734. The van der Waals surface area contributed by atoms with Crippen molar-refractivity contribution in [3.63, 3.8) is 0 Å². The summed E-state index contributed by atoms with van der Waals surface area (Å²) in [6, 6.07) is 0. The monoisotopic (exact) mass is 169 g/mol. The zero-order valence-corrected chi connectivity index (χ0v) is 7.15. The number of aliphatic imine (C=N–C) groups is 1. The van der Waals surface area contributed by atoms with E-state index in [1.165, 1.54) is 5.57 Å². The van der Waals surface area contributed by atoms with Crippen LogP contribution >= 0.6 is 0 Å². The van der Waals surface area contributed by atoms with Crippen molar-refractivity contribution in [3.05, 3.63) is 11.8 Å². The number of nitrogens with zero attached hydrogens (tertiary/aromatic N) is 1. The average Bonchev–Trinajstić information content (AvgIpc) is 1.86. The molecule has 1 radical (unpaired) electrons. The zero-order valence-electron chi connectivity index (χ0n) is 4.31. The molecule has 0 atom stereocenters. The SMILES string of the molecule is CC1=CN=[C-]C1.[Y]. The van der Waals surface area contributed by atoms with Gasteiger partial charge in [-0.2, -0.15) is 6.21 Å². The molecular weight excluding hydrogens is 163 g/mol. The van der Waals surface area contributed by atoms with Crippen LogP contribution in [-0.2, 0) is 32.7 Å². The molecule has 0 aromatic heterocycles. The van der Waals surface area contributed by atoms with Crippen LogP contribution in [0, 0.1) is 0 Å². The summed E-state index contributed by atoms with van der Waals surface area (Å²) in [7, 11) is 0. The molecule has 1 aliphatic rings. The van der Waals surface area contributed by atoms with Crippen molar-refractivity contribution >= 4 is 6.21 Å². The van der Waals surface area contributed by atoms with E-state index in [0.717, 1.165) is 6.42 Å². The van der Waals surface area contributed by atoms with Crippen molar-refractivity contribution < 1.29 is 32.7 Å². The maximum absolute atomic E-state index is 3.75. The van der Waals surface area contributed by atoms with E-state index in [0.29, 0.717) is 0 Å². The molecular formula is C5H6NY-. The van der Waals surface area contributed by atoms with Crippen LogP contribution in [0.2, 0.25) is 0 Å². The summed E-state index contributed by atoms with van der Waals surface area (Å²) < 4.78 is 0. The molecule has 1 rings (SSSR count). The van der Waals surface area contributed by atoms with Gasteiger partial charge in [0.1, 0.15) is 0 Å². The van der Waals surface area contributed by atoms with E-state index in [1.54, 1.807) is 0 Å². The molecule has 0 fully saturated rings. The van der Waals surface area contributed by atoms with Gasteiger partial charge < -0.3 is 4.99 Å². The Hall–Kier alpha value is 0.514. The minimum absolute atomic E-state index is 0. The van der Waals surface area contributed by atoms with Crippen molar-refractivity contribution in [1.29, 1.82) is 0 Å². The summed E-state index contributed by atoms with van der Waals surface area (Å²) in [6.45, 7) is 2.05. The van der Waals surface area contributed by atoms with Gasteiger partial charge in [-0.15, -0.1) is 11.8 Å². The van der Waals surface area contributed by atoms with Gasteiger partial charge in [0.05, 0.1) is 0 Å². The van der Waals surface area contributed by atoms with Gasteiger partial charge in [0.2, 0.25) is 0 Å². The Morgan fingerprint density at radius 3 is 2.71 bits per heavy atom. The van der Waals surface area contributed by atoms with E-state index in [9.17, 15) is 0 Å². The summed E-state index contributed by atoms with van der Waals surface area (Å²) >= 11 is 0. The van der Waals surface area contributed by atoms with Gasteiger partial charge in [-0.25, -0.2) is 0 Å².